The van der Waals surface area contributed by atoms with Crippen molar-refractivity contribution in [3.8, 4) is 0 Å². The van der Waals surface area contributed by atoms with E-state index in [1.807, 2.05) is 18.2 Å². The molecule has 0 aromatic heterocycles. The molecule has 1 aromatic carbocycles. The Labute approximate surface area is 66.0 Å². The second-order valence-corrected chi connectivity index (χ2v) is 2.52. The summed E-state index contributed by atoms with van der Waals surface area (Å²) in [5, 5.41) is 0. The van der Waals surface area contributed by atoms with Crippen molar-refractivity contribution < 1.29 is 4.79 Å². The van der Waals surface area contributed by atoms with Crippen LogP contribution in [0, 0.1) is 0 Å². The van der Waals surface area contributed by atoms with Crippen LogP contribution in [0.2, 0.25) is 0 Å². The topological polar surface area (TPSA) is 43.1 Å². The number of carbonyl (C=O) groups is 1. The van der Waals surface area contributed by atoms with E-state index in [9.17, 15) is 4.79 Å². The molecular formula is C9H11NO. The Kier molecular flexibility index (Phi) is 2.39. The van der Waals surface area contributed by atoms with Gasteiger partial charge in [0.1, 0.15) is 0 Å². The summed E-state index contributed by atoms with van der Waals surface area (Å²) >= 11 is 0. The minimum Gasteiger partial charge on any atom is -0.321 e. The second-order valence-electron chi connectivity index (χ2n) is 2.52. The summed E-state index contributed by atoms with van der Waals surface area (Å²) in [6.07, 6.45) is 0. The van der Waals surface area contributed by atoms with Crippen molar-refractivity contribution in [2.24, 2.45) is 5.73 Å². The summed E-state index contributed by atoms with van der Waals surface area (Å²) < 4.78 is 0. The average molecular weight is 150 g/mol. The van der Waals surface area contributed by atoms with Gasteiger partial charge in [-0.2, -0.15) is 0 Å². The predicted octanol–water partition coefficient (Wildman–Crippen LogP) is 1.22. The first kappa shape index (κ1) is 7.95. The first-order valence-electron chi connectivity index (χ1n) is 3.56. The maximum Gasteiger partial charge on any atom is 0.179 e. The summed E-state index contributed by atoms with van der Waals surface area (Å²) in [4.78, 5) is 11.2. The quantitative estimate of drug-likeness (QED) is 0.644. The van der Waals surface area contributed by atoms with Gasteiger partial charge in [0.15, 0.2) is 5.78 Å². The smallest absolute Gasteiger partial charge is 0.179 e. The van der Waals surface area contributed by atoms with Crippen LogP contribution in [0.4, 0.5) is 0 Å². The summed E-state index contributed by atoms with van der Waals surface area (Å²) in [5.74, 6) is -0.00870. The lowest BCUT2D eigenvalue weighted by atomic mass is 10.1. The Morgan fingerprint density at radius 3 is 2.36 bits per heavy atom. The molecule has 0 aliphatic rings. The van der Waals surface area contributed by atoms with Crippen LogP contribution < -0.4 is 5.73 Å². The first-order valence-corrected chi connectivity index (χ1v) is 3.56. The van der Waals surface area contributed by atoms with Gasteiger partial charge in [-0.05, 0) is 6.92 Å². The molecule has 1 unspecified atom stereocenters. The van der Waals surface area contributed by atoms with Gasteiger partial charge in [-0.1, -0.05) is 30.3 Å². The molecule has 0 saturated heterocycles. The molecule has 2 nitrogen and oxygen atoms in total. The van der Waals surface area contributed by atoms with Crippen molar-refractivity contribution in [2.75, 3.05) is 0 Å². The molecular weight excluding hydrogens is 139 g/mol. The number of benzene rings is 1. The average Bonchev–Trinajstić information content (AvgIpc) is 2.05. The molecule has 2 N–H and O–H groups in total. The van der Waals surface area contributed by atoms with Gasteiger partial charge in [-0.25, -0.2) is 0 Å². The Balaban J connectivity index is 2.86. The molecule has 0 amide bonds. The van der Waals surface area contributed by atoms with E-state index in [2.05, 4.69) is 0 Å². The van der Waals surface area contributed by atoms with E-state index in [0.717, 1.165) is 0 Å². The largest absolute Gasteiger partial charge is 0.321 e. The molecule has 11 heavy (non-hydrogen) atoms. The van der Waals surface area contributed by atoms with Gasteiger partial charge in [0.25, 0.3) is 0 Å². The third-order valence-electron chi connectivity index (χ3n) is 1.47. The van der Waals surface area contributed by atoms with Gasteiger partial charge >= 0.3 is 0 Å². The lowest BCUT2D eigenvalue weighted by molar-refractivity contribution is 0.0968. The van der Waals surface area contributed by atoms with Crippen LogP contribution in [-0.4, -0.2) is 11.8 Å². The first-order chi connectivity index (χ1) is 5.22. The van der Waals surface area contributed by atoms with Crippen LogP contribution in [0.1, 0.15) is 17.3 Å². The van der Waals surface area contributed by atoms with E-state index in [1.165, 1.54) is 0 Å². The van der Waals surface area contributed by atoms with Crippen molar-refractivity contribution in [3.63, 3.8) is 0 Å². The zero-order chi connectivity index (χ0) is 8.27. The molecule has 0 spiro atoms. The number of nitrogens with two attached hydrogens (primary N) is 1. The fourth-order valence-corrected chi connectivity index (χ4v) is 0.865. The molecule has 58 valence electrons. The minimum absolute atomic E-state index is 0.00870. The van der Waals surface area contributed by atoms with Gasteiger partial charge in [0, 0.05) is 5.56 Å². The summed E-state index contributed by atoms with van der Waals surface area (Å²) in [7, 11) is 0. The normalized spacial score (nSPS) is 12.5. The molecule has 1 aromatic rings. The van der Waals surface area contributed by atoms with Gasteiger partial charge < -0.3 is 5.73 Å². The van der Waals surface area contributed by atoms with Gasteiger partial charge in [-0.3, -0.25) is 4.79 Å². The number of Topliss-reactive ketones (excluding diaryl/α,β-unsaturated/α-hetero) is 1. The van der Waals surface area contributed by atoms with Gasteiger partial charge in [-0.15, -0.1) is 0 Å². The van der Waals surface area contributed by atoms with E-state index < -0.39 is 6.04 Å². The van der Waals surface area contributed by atoms with Gasteiger partial charge in [0.05, 0.1) is 6.04 Å². The number of hydrogen-bond donors (Lipinski definition) is 1. The van der Waals surface area contributed by atoms with Crippen LogP contribution in [0.3, 0.4) is 0 Å². The molecule has 2 heteroatoms. The Morgan fingerprint density at radius 1 is 1.36 bits per heavy atom. The molecule has 1 rings (SSSR count). The van der Waals surface area contributed by atoms with Crippen LogP contribution >= 0.6 is 0 Å². The van der Waals surface area contributed by atoms with Crippen LogP contribution in [-0.2, 0) is 0 Å². The highest BCUT2D eigenvalue weighted by molar-refractivity contribution is 5.99. The summed E-state index contributed by atoms with van der Waals surface area (Å²) in [6, 6.07) is 8.66. The minimum atomic E-state index is -0.405. The SMILES string of the molecule is CC(N)C(=O)c1cccc[13cH]1. The van der Waals surface area contributed by atoms with E-state index in [4.69, 9.17) is 5.73 Å². The molecule has 0 fully saturated rings. The number of hydrogen-bond acceptors (Lipinski definition) is 2. The van der Waals surface area contributed by atoms with Crippen molar-refractivity contribution in [3.05, 3.63) is 35.9 Å². The molecule has 0 saturated carbocycles. The summed E-state index contributed by atoms with van der Waals surface area (Å²) in [6.45, 7) is 1.69. The van der Waals surface area contributed by atoms with Gasteiger partial charge in [0.2, 0.25) is 0 Å². The van der Waals surface area contributed by atoms with E-state index in [-0.39, 0.29) is 5.78 Å². The zero-order valence-electron chi connectivity index (χ0n) is 6.45. The monoisotopic (exact) mass is 150 g/mol. The number of ketones is 1. The molecule has 0 radical (unpaired) electrons. The highest BCUT2D eigenvalue weighted by Crippen LogP contribution is 2.01. The Hall–Kier alpha value is -1.15. The van der Waals surface area contributed by atoms with Crippen LogP contribution in [0.15, 0.2) is 30.3 Å². The van der Waals surface area contributed by atoms with E-state index in [1.54, 1.807) is 19.1 Å². The highest BCUT2D eigenvalue weighted by Gasteiger charge is 2.08. The highest BCUT2D eigenvalue weighted by atomic mass is 16.1. The molecule has 1 atom stereocenters. The molecule has 0 bridgehead atoms. The van der Waals surface area contributed by atoms with Crippen molar-refractivity contribution in [1.82, 2.24) is 0 Å². The maximum absolute atomic E-state index is 11.2. The third kappa shape index (κ3) is 1.88. The lowest BCUT2D eigenvalue weighted by Gasteiger charge is -2.02. The van der Waals surface area contributed by atoms with Crippen LogP contribution in [0.25, 0.3) is 0 Å². The lowest BCUT2D eigenvalue weighted by Crippen LogP contribution is -2.26. The molecule has 0 aliphatic carbocycles. The zero-order valence-corrected chi connectivity index (χ0v) is 6.45. The number of rotatable bonds is 2. The van der Waals surface area contributed by atoms with Crippen LogP contribution in [0.5, 0.6) is 0 Å². The van der Waals surface area contributed by atoms with E-state index >= 15 is 0 Å². The third-order valence-corrected chi connectivity index (χ3v) is 1.47. The van der Waals surface area contributed by atoms with Crippen molar-refractivity contribution in [1.29, 1.82) is 0 Å². The van der Waals surface area contributed by atoms with E-state index in [0.29, 0.717) is 5.56 Å². The number of carbonyl (C=O) groups excluding carboxylic acids is 1. The van der Waals surface area contributed by atoms with Crippen molar-refractivity contribution in [2.45, 2.75) is 13.0 Å². The molecule has 0 aliphatic heterocycles. The summed E-state index contributed by atoms with van der Waals surface area (Å²) in [5.41, 5.74) is 6.10. The van der Waals surface area contributed by atoms with Crippen molar-refractivity contribution >= 4 is 5.78 Å². The molecule has 0 heterocycles. The second kappa shape index (κ2) is 3.30. The fraction of sp³-hybridized carbons (Fsp3) is 0.222. The standard InChI is InChI=1S/C9H11NO/c1-7(10)9(11)8-5-3-2-4-6-8/h2-7H,10H2,1H3/i5+1. The fourth-order valence-electron chi connectivity index (χ4n) is 0.865. The Bertz CT molecular complexity index is 241. The Morgan fingerprint density at radius 2 is 1.91 bits per heavy atom. The predicted molar refractivity (Wildman–Crippen MR) is 44.4 cm³/mol. The maximum atomic E-state index is 11.2.